The molecule has 1 saturated carbocycles. The topological polar surface area (TPSA) is 63.8 Å². The van der Waals surface area contributed by atoms with Crippen LogP contribution in [0.4, 0.5) is 11.5 Å². The van der Waals surface area contributed by atoms with Gasteiger partial charge in [0.05, 0.1) is 0 Å². The lowest BCUT2D eigenvalue weighted by molar-refractivity contribution is 0.429. The molecule has 106 valence electrons. The molecule has 1 heterocycles. The normalized spacial score (nSPS) is 18.3. The molecule has 0 bridgehead atoms. The zero-order valence-electron chi connectivity index (χ0n) is 11.7. The summed E-state index contributed by atoms with van der Waals surface area (Å²) in [5.74, 6) is 1.98. The van der Waals surface area contributed by atoms with Gasteiger partial charge >= 0.3 is 0 Å². The molecule has 1 aromatic rings. The van der Waals surface area contributed by atoms with E-state index in [1.807, 2.05) is 0 Å². The number of aromatic nitrogens is 2. The fourth-order valence-corrected chi connectivity index (χ4v) is 2.62. The number of nitrogens with one attached hydrogen (secondary N) is 1. The van der Waals surface area contributed by atoms with Crippen molar-refractivity contribution in [3.63, 3.8) is 0 Å². The lowest BCUT2D eigenvalue weighted by Crippen LogP contribution is -2.18. The van der Waals surface area contributed by atoms with E-state index in [-0.39, 0.29) is 0 Å². The van der Waals surface area contributed by atoms with Crippen molar-refractivity contribution in [1.29, 1.82) is 0 Å². The van der Waals surface area contributed by atoms with Crippen LogP contribution >= 0.6 is 11.6 Å². The average Bonchev–Trinajstić information content (AvgIpc) is 2.44. The SMILES string of the molecule is CCC(C)Nc1nc(C2CCCCC2)nc(Cl)c1N. The molecule has 1 unspecified atom stereocenters. The molecule has 1 fully saturated rings. The minimum atomic E-state index is 0.326. The van der Waals surface area contributed by atoms with Gasteiger partial charge in [0.25, 0.3) is 0 Å². The second kappa shape index (κ2) is 6.42. The quantitative estimate of drug-likeness (QED) is 0.820. The van der Waals surface area contributed by atoms with Crippen molar-refractivity contribution in [3.8, 4) is 0 Å². The summed E-state index contributed by atoms with van der Waals surface area (Å²) in [5.41, 5.74) is 6.42. The monoisotopic (exact) mass is 282 g/mol. The Morgan fingerprint density at radius 3 is 2.63 bits per heavy atom. The molecule has 1 aliphatic rings. The van der Waals surface area contributed by atoms with Crippen LogP contribution in [0.15, 0.2) is 0 Å². The van der Waals surface area contributed by atoms with E-state index in [0.29, 0.717) is 28.6 Å². The fraction of sp³-hybridized carbons (Fsp3) is 0.714. The molecule has 1 aliphatic carbocycles. The Hall–Kier alpha value is -1.03. The molecule has 2 rings (SSSR count). The highest BCUT2D eigenvalue weighted by molar-refractivity contribution is 6.32. The van der Waals surface area contributed by atoms with Crippen molar-refractivity contribution in [2.75, 3.05) is 11.1 Å². The Kier molecular flexibility index (Phi) is 4.86. The summed E-state index contributed by atoms with van der Waals surface area (Å²) in [5, 5.41) is 3.70. The number of nitrogen functional groups attached to an aromatic ring is 1. The Morgan fingerprint density at radius 2 is 2.00 bits per heavy atom. The van der Waals surface area contributed by atoms with Gasteiger partial charge in [-0.2, -0.15) is 0 Å². The van der Waals surface area contributed by atoms with Crippen molar-refractivity contribution in [3.05, 3.63) is 11.0 Å². The predicted molar refractivity (Wildman–Crippen MR) is 80.7 cm³/mol. The Balaban J connectivity index is 2.24. The molecule has 4 nitrogen and oxygen atoms in total. The summed E-state index contributed by atoms with van der Waals surface area (Å²) in [6.07, 6.45) is 7.15. The minimum absolute atomic E-state index is 0.326. The fourth-order valence-electron chi connectivity index (χ4n) is 2.45. The molecule has 1 aromatic heterocycles. The summed E-state index contributed by atoms with van der Waals surface area (Å²) < 4.78 is 0. The highest BCUT2D eigenvalue weighted by atomic mass is 35.5. The maximum absolute atomic E-state index is 6.15. The van der Waals surface area contributed by atoms with E-state index in [1.165, 1.54) is 19.3 Å². The zero-order valence-corrected chi connectivity index (χ0v) is 12.5. The first-order valence-corrected chi connectivity index (χ1v) is 7.59. The van der Waals surface area contributed by atoms with Gasteiger partial charge in [0.15, 0.2) is 11.0 Å². The summed E-state index contributed by atoms with van der Waals surface area (Å²) in [7, 11) is 0. The molecular weight excluding hydrogens is 260 g/mol. The van der Waals surface area contributed by atoms with Crippen molar-refractivity contribution in [2.24, 2.45) is 0 Å². The maximum atomic E-state index is 6.15. The van der Waals surface area contributed by atoms with E-state index in [4.69, 9.17) is 17.3 Å². The molecular formula is C14H23ClN4. The van der Waals surface area contributed by atoms with Crippen LogP contribution in [0.25, 0.3) is 0 Å². The lowest BCUT2D eigenvalue weighted by atomic mass is 9.89. The van der Waals surface area contributed by atoms with Crippen LogP contribution in [-0.2, 0) is 0 Å². The largest absolute Gasteiger partial charge is 0.393 e. The smallest absolute Gasteiger partial charge is 0.157 e. The van der Waals surface area contributed by atoms with Gasteiger partial charge in [0, 0.05) is 12.0 Å². The number of hydrogen-bond acceptors (Lipinski definition) is 4. The van der Waals surface area contributed by atoms with Gasteiger partial charge in [0.2, 0.25) is 0 Å². The van der Waals surface area contributed by atoms with Gasteiger partial charge in [-0.05, 0) is 26.2 Å². The van der Waals surface area contributed by atoms with Crippen LogP contribution < -0.4 is 11.1 Å². The molecule has 0 spiro atoms. The first kappa shape index (κ1) is 14.4. The minimum Gasteiger partial charge on any atom is -0.393 e. The van der Waals surface area contributed by atoms with Gasteiger partial charge < -0.3 is 11.1 Å². The van der Waals surface area contributed by atoms with Crippen LogP contribution in [0, 0.1) is 0 Å². The van der Waals surface area contributed by atoms with Gasteiger partial charge in [-0.3, -0.25) is 0 Å². The third-order valence-corrected chi connectivity index (χ3v) is 4.17. The highest BCUT2D eigenvalue weighted by Gasteiger charge is 2.21. The van der Waals surface area contributed by atoms with Gasteiger partial charge in [-0.25, -0.2) is 9.97 Å². The van der Waals surface area contributed by atoms with Crippen molar-refractivity contribution in [2.45, 2.75) is 64.3 Å². The molecule has 1 atom stereocenters. The van der Waals surface area contributed by atoms with Gasteiger partial charge in [0.1, 0.15) is 11.5 Å². The number of rotatable bonds is 4. The number of halogens is 1. The van der Waals surface area contributed by atoms with E-state index >= 15 is 0 Å². The number of nitrogens with two attached hydrogens (primary N) is 1. The molecule has 0 aromatic carbocycles. The van der Waals surface area contributed by atoms with Crippen molar-refractivity contribution < 1.29 is 0 Å². The number of anilines is 2. The van der Waals surface area contributed by atoms with Crippen LogP contribution in [0.3, 0.4) is 0 Å². The Morgan fingerprint density at radius 1 is 1.32 bits per heavy atom. The molecule has 5 heteroatoms. The van der Waals surface area contributed by atoms with Crippen molar-refractivity contribution in [1.82, 2.24) is 9.97 Å². The third kappa shape index (κ3) is 3.50. The summed E-state index contributed by atoms with van der Waals surface area (Å²) in [6.45, 7) is 4.23. The summed E-state index contributed by atoms with van der Waals surface area (Å²) in [4.78, 5) is 8.99. The Labute approximate surface area is 120 Å². The molecule has 3 N–H and O–H groups in total. The van der Waals surface area contributed by atoms with Crippen LogP contribution in [-0.4, -0.2) is 16.0 Å². The lowest BCUT2D eigenvalue weighted by Gasteiger charge is -2.22. The number of hydrogen-bond donors (Lipinski definition) is 2. The first-order valence-electron chi connectivity index (χ1n) is 7.21. The van der Waals surface area contributed by atoms with Crippen LogP contribution in [0.5, 0.6) is 0 Å². The van der Waals surface area contributed by atoms with E-state index in [1.54, 1.807) is 0 Å². The highest BCUT2D eigenvalue weighted by Crippen LogP contribution is 2.34. The first-order chi connectivity index (χ1) is 9.11. The summed E-state index contributed by atoms with van der Waals surface area (Å²) in [6, 6.07) is 0.326. The molecule has 0 radical (unpaired) electrons. The van der Waals surface area contributed by atoms with E-state index in [0.717, 1.165) is 25.1 Å². The third-order valence-electron chi connectivity index (χ3n) is 3.88. The van der Waals surface area contributed by atoms with Crippen LogP contribution in [0.1, 0.15) is 64.1 Å². The number of nitrogens with zero attached hydrogens (tertiary/aromatic N) is 2. The molecule has 19 heavy (non-hydrogen) atoms. The Bertz CT molecular complexity index is 430. The van der Waals surface area contributed by atoms with E-state index in [2.05, 4.69) is 29.1 Å². The van der Waals surface area contributed by atoms with Crippen molar-refractivity contribution >= 4 is 23.1 Å². The molecule has 0 amide bonds. The standard InChI is InChI=1S/C14H23ClN4/c1-3-9(2)17-14-11(16)12(15)18-13(19-14)10-7-5-4-6-8-10/h9-10H,3-8,16H2,1-2H3,(H,17,18,19). The molecule has 0 aliphatic heterocycles. The summed E-state index contributed by atoms with van der Waals surface area (Å²) >= 11 is 6.15. The second-order valence-corrected chi connectivity index (χ2v) is 5.78. The van der Waals surface area contributed by atoms with Crippen LogP contribution in [0.2, 0.25) is 5.15 Å². The molecule has 0 saturated heterocycles. The zero-order chi connectivity index (χ0) is 13.8. The average molecular weight is 283 g/mol. The van der Waals surface area contributed by atoms with E-state index in [9.17, 15) is 0 Å². The predicted octanol–water partition coefficient (Wildman–Crippen LogP) is 3.97. The van der Waals surface area contributed by atoms with E-state index < -0.39 is 0 Å². The maximum Gasteiger partial charge on any atom is 0.157 e. The van der Waals surface area contributed by atoms with Gasteiger partial charge in [-0.1, -0.05) is 37.8 Å². The second-order valence-electron chi connectivity index (χ2n) is 5.42. The van der Waals surface area contributed by atoms with Gasteiger partial charge in [-0.15, -0.1) is 0 Å².